The summed E-state index contributed by atoms with van der Waals surface area (Å²) in [4.78, 5) is 13.6. The van der Waals surface area contributed by atoms with E-state index in [2.05, 4.69) is 37.3 Å². The van der Waals surface area contributed by atoms with E-state index in [9.17, 15) is 0 Å². The molecule has 7 heteroatoms. The average molecular weight is 318 g/mol. The number of hydrogen-bond acceptors (Lipinski definition) is 6. The Hall–Kier alpha value is -1.31. The molecule has 0 bridgehead atoms. The van der Waals surface area contributed by atoms with Crippen LogP contribution < -0.4 is 0 Å². The molecule has 0 aliphatic carbocycles. The number of likely N-dealkylation sites (N-methyl/N-ethyl adjacent to an activating group) is 1. The number of aromatic nitrogens is 4. The summed E-state index contributed by atoms with van der Waals surface area (Å²) in [6, 6.07) is 1.30. The van der Waals surface area contributed by atoms with E-state index in [-0.39, 0.29) is 0 Å². The summed E-state index contributed by atoms with van der Waals surface area (Å²) < 4.78 is 1.96. The first-order valence-corrected chi connectivity index (χ1v) is 8.82. The highest BCUT2D eigenvalue weighted by atomic mass is 32.1. The molecule has 0 N–H and O–H groups in total. The number of hydrogen-bond donors (Lipinski definition) is 0. The van der Waals surface area contributed by atoms with Gasteiger partial charge in [-0.25, -0.2) is 9.97 Å². The Morgan fingerprint density at radius 1 is 1.41 bits per heavy atom. The third-order valence-electron chi connectivity index (χ3n) is 5.16. The quantitative estimate of drug-likeness (QED) is 0.851. The number of nitrogens with zero attached hydrogens (tertiary/aromatic N) is 6. The zero-order valence-electron chi connectivity index (χ0n) is 12.9. The molecule has 0 aromatic carbocycles. The van der Waals surface area contributed by atoms with Crippen molar-refractivity contribution in [3.63, 3.8) is 0 Å². The molecule has 0 radical (unpaired) electrons. The maximum Gasteiger partial charge on any atom is 0.137 e. The molecule has 0 amide bonds. The minimum Gasteiger partial charge on any atom is -0.298 e. The van der Waals surface area contributed by atoms with Crippen LogP contribution in [0, 0.1) is 5.92 Å². The lowest BCUT2D eigenvalue weighted by Gasteiger charge is -2.37. The molecule has 4 rings (SSSR count). The van der Waals surface area contributed by atoms with Crippen molar-refractivity contribution in [3.05, 3.63) is 29.2 Å². The Balaban J connectivity index is 1.38. The summed E-state index contributed by atoms with van der Waals surface area (Å²) in [5.74, 6) is 0.771. The lowest BCUT2D eigenvalue weighted by molar-refractivity contribution is 0.109. The monoisotopic (exact) mass is 318 g/mol. The molecule has 2 saturated heterocycles. The lowest BCUT2D eigenvalue weighted by Crippen LogP contribution is -2.45. The van der Waals surface area contributed by atoms with Gasteiger partial charge < -0.3 is 0 Å². The molecule has 0 spiro atoms. The molecular formula is C15H22N6S. The fraction of sp³-hybridized carbons (Fsp3) is 0.667. The fourth-order valence-electron chi connectivity index (χ4n) is 4.06. The van der Waals surface area contributed by atoms with Gasteiger partial charge in [-0.2, -0.15) is 5.10 Å². The van der Waals surface area contributed by atoms with Crippen LogP contribution in [0.25, 0.3) is 0 Å². The lowest BCUT2D eigenvalue weighted by atomic mass is 9.92. The molecule has 118 valence electrons. The van der Waals surface area contributed by atoms with Crippen molar-refractivity contribution in [1.29, 1.82) is 0 Å². The predicted molar refractivity (Wildman–Crippen MR) is 85.5 cm³/mol. The van der Waals surface area contributed by atoms with Crippen molar-refractivity contribution >= 4 is 11.3 Å². The van der Waals surface area contributed by atoms with E-state index < -0.39 is 0 Å². The second-order valence-electron chi connectivity index (χ2n) is 6.45. The highest BCUT2D eigenvalue weighted by Crippen LogP contribution is 2.35. The summed E-state index contributed by atoms with van der Waals surface area (Å²) >= 11 is 1.76. The molecule has 22 heavy (non-hydrogen) atoms. The van der Waals surface area contributed by atoms with E-state index in [0.717, 1.165) is 25.0 Å². The summed E-state index contributed by atoms with van der Waals surface area (Å²) in [7, 11) is 2.28. The summed E-state index contributed by atoms with van der Waals surface area (Å²) in [6.07, 6.45) is 7.88. The highest BCUT2D eigenvalue weighted by molar-refractivity contribution is 7.09. The molecule has 2 aliphatic rings. The maximum atomic E-state index is 4.42. The van der Waals surface area contributed by atoms with E-state index in [1.807, 2.05) is 17.2 Å². The molecule has 6 nitrogen and oxygen atoms in total. The van der Waals surface area contributed by atoms with Gasteiger partial charge in [0.25, 0.3) is 0 Å². The van der Waals surface area contributed by atoms with Gasteiger partial charge in [0.1, 0.15) is 17.7 Å². The van der Waals surface area contributed by atoms with Gasteiger partial charge in [0.05, 0.1) is 13.1 Å². The minimum absolute atomic E-state index is 0.580. The van der Waals surface area contributed by atoms with Crippen LogP contribution in [0.2, 0.25) is 0 Å². The van der Waals surface area contributed by atoms with Crippen LogP contribution in [0.15, 0.2) is 24.2 Å². The minimum atomic E-state index is 0.580. The topological polar surface area (TPSA) is 50.1 Å². The molecule has 2 aliphatic heterocycles. The third kappa shape index (κ3) is 2.80. The molecule has 2 aromatic heterocycles. The van der Waals surface area contributed by atoms with Gasteiger partial charge in [0, 0.05) is 36.8 Å². The first kappa shape index (κ1) is 14.3. The van der Waals surface area contributed by atoms with Crippen LogP contribution in [0.3, 0.4) is 0 Å². The molecule has 0 saturated carbocycles. The van der Waals surface area contributed by atoms with E-state index in [1.54, 1.807) is 17.7 Å². The van der Waals surface area contributed by atoms with Crippen molar-refractivity contribution in [2.75, 3.05) is 20.1 Å². The first-order chi connectivity index (χ1) is 10.8. The smallest absolute Gasteiger partial charge is 0.137 e. The summed E-state index contributed by atoms with van der Waals surface area (Å²) in [5, 5.41) is 7.57. The van der Waals surface area contributed by atoms with E-state index in [4.69, 9.17) is 0 Å². The van der Waals surface area contributed by atoms with Gasteiger partial charge in [-0.1, -0.05) is 0 Å². The standard InChI is InChI=1S/C15H22N6S/c1-19-13(8-21-11-16-10-18-21)6-12-7-20(4-2-14(12)19)9-15-17-3-5-22-15/h3,5,10-14H,2,4,6-9H2,1H3/t12-,13+,14+/m1/s1. The van der Waals surface area contributed by atoms with E-state index >= 15 is 0 Å². The van der Waals surface area contributed by atoms with Gasteiger partial charge in [-0.05, 0) is 25.8 Å². The van der Waals surface area contributed by atoms with Crippen LogP contribution >= 0.6 is 11.3 Å². The number of likely N-dealkylation sites (tertiary alicyclic amines) is 2. The van der Waals surface area contributed by atoms with Crippen LogP contribution in [0.4, 0.5) is 0 Å². The predicted octanol–water partition coefficient (Wildman–Crippen LogP) is 1.33. The van der Waals surface area contributed by atoms with Gasteiger partial charge >= 0.3 is 0 Å². The van der Waals surface area contributed by atoms with Gasteiger partial charge in [-0.15, -0.1) is 11.3 Å². The fourth-order valence-corrected chi connectivity index (χ4v) is 4.72. The SMILES string of the molecule is CN1[C@H](Cn2cncn2)C[C@@H]2CN(Cc3nccs3)CC[C@@H]21. The Morgan fingerprint density at radius 3 is 3.14 bits per heavy atom. The Labute approximate surface area is 134 Å². The molecule has 4 heterocycles. The zero-order chi connectivity index (χ0) is 14.9. The second-order valence-corrected chi connectivity index (χ2v) is 7.43. The van der Waals surface area contributed by atoms with Gasteiger partial charge in [-0.3, -0.25) is 14.5 Å². The van der Waals surface area contributed by atoms with E-state index in [0.29, 0.717) is 6.04 Å². The molecule has 0 unspecified atom stereocenters. The molecule has 2 fully saturated rings. The summed E-state index contributed by atoms with van der Waals surface area (Å²) in [5.41, 5.74) is 0. The number of fused-ring (bicyclic) bond motifs is 1. The zero-order valence-corrected chi connectivity index (χ0v) is 13.7. The van der Waals surface area contributed by atoms with E-state index in [1.165, 1.54) is 30.9 Å². The van der Waals surface area contributed by atoms with Crippen molar-refractivity contribution < 1.29 is 0 Å². The van der Waals surface area contributed by atoms with Crippen molar-refractivity contribution in [2.24, 2.45) is 5.92 Å². The van der Waals surface area contributed by atoms with Crippen molar-refractivity contribution in [1.82, 2.24) is 29.5 Å². The Kier molecular flexibility index (Phi) is 3.94. The molecular weight excluding hydrogens is 296 g/mol. The normalized spacial score (nSPS) is 29.8. The number of rotatable bonds is 4. The van der Waals surface area contributed by atoms with Crippen LogP contribution in [-0.4, -0.2) is 61.8 Å². The summed E-state index contributed by atoms with van der Waals surface area (Å²) in [6.45, 7) is 4.35. The average Bonchev–Trinajstić information content (AvgIpc) is 3.24. The number of piperidine rings is 1. The van der Waals surface area contributed by atoms with Crippen LogP contribution in [0.1, 0.15) is 17.8 Å². The molecule has 3 atom stereocenters. The Bertz CT molecular complexity index is 581. The third-order valence-corrected chi connectivity index (χ3v) is 5.92. The highest BCUT2D eigenvalue weighted by Gasteiger charge is 2.41. The van der Waals surface area contributed by atoms with Gasteiger partial charge in [0.2, 0.25) is 0 Å². The van der Waals surface area contributed by atoms with Crippen LogP contribution in [0.5, 0.6) is 0 Å². The Morgan fingerprint density at radius 2 is 2.36 bits per heavy atom. The van der Waals surface area contributed by atoms with Crippen molar-refractivity contribution in [2.45, 2.75) is 38.0 Å². The van der Waals surface area contributed by atoms with Crippen LogP contribution in [-0.2, 0) is 13.1 Å². The molecule has 2 aromatic rings. The van der Waals surface area contributed by atoms with Gasteiger partial charge in [0.15, 0.2) is 0 Å². The largest absolute Gasteiger partial charge is 0.298 e. The number of thiazole rings is 1. The first-order valence-electron chi connectivity index (χ1n) is 7.94. The maximum absolute atomic E-state index is 4.42. The second kappa shape index (κ2) is 6.06. The van der Waals surface area contributed by atoms with Crippen molar-refractivity contribution in [3.8, 4) is 0 Å².